The van der Waals surface area contributed by atoms with Crippen LogP contribution in [0, 0.1) is 6.92 Å². The van der Waals surface area contributed by atoms with Crippen molar-refractivity contribution in [1.29, 1.82) is 0 Å². The molecule has 186 valence electrons. The van der Waals surface area contributed by atoms with E-state index in [9.17, 15) is 24.6 Å². The molecule has 3 N–H and O–H groups in total. The van der Waals surface area contributed by atoms with E-state index in [-0.39, 0.29) is 29.3 Å². The fourth-order valence-electron chi connectivity index (χ4n) is 3.67. The summed E-state index contributed by atoms with van der Waals surface area (Å²) in [5.74, 6) is -0.577. The van der Waals surface area contributed by atoms with Gasteiger partial charge in [0, 0.05) is 17.0 Å². The lowest BCUT2D eigenvalue weighted by Gasteiger charge is -2.21. The highest BCUT2D eigenvalue weighted by Gasteiger charge is 2.21. The van der Waals surface area contributed by atoms with Crippen LogP contribution in [0.3, 0.4) is 0 Å². The van der Waals surface area contributed by atoms with Crippen molar-refractivity contribution < 1.29 is 38.8 Å². The smallest absolute Gasteiger partial charge is 0.340 e. The van der Waals surface area contributed by atoms with E-state index < -0.39 is 30.4 Å². The molecule has 0 aliphatic heterocycles. The second kappa shape index (κ2) is 11.2. The molecule has 0 saturated heterocycles. The first-order valence-electron chi connectivity index (χ1n) is 11.2. The van der Waals surface area contributed by atoms with Gasteiger partial charge >= 0.3 is 11.6 Å². The Labute approximate surface area is 201 Å². The summed E-state index contributed by atoms with van der Waals surface area (Å²) in [4.78, 5) is 34.8. The Balaban J connectivity index is 1.70. The Morgan fingerprint density at radius 2 is 1.86 bits per heavy atom. The monoisotopic (exact) mass is 484 g/mol. The van der Waals surface area contributed by atoms with Crippen LogP contribution in [-0.4, -0.2) is 46.1 Å². The standard InChI is InChI=1S/C26H28O9/c1-4-5-17-10-16(15(3)27)6-9-22(17)34-26(32)21(28)13-33-18-7-8-19-14(2)20(12-24(29)30)25(31)35-23(19)11-18/h6-11,21,26,28,32H,4-5,12-13H2,1-3H3,(H,29,30). The van der Waals surface area contributed by atoms with Crippen molar-refractivity contribution in [3.05, 3.63) is 69.1 Å². The van der Waals surface area contributed by atoms with Crippen LogP contribution in [-0.2, 0) is 17.6 Å². The summed E-state index contributed by atoms with van der Waals surface area (Å²) < 4.78 is 16.3. The molecular formula is C26H28O9. The first-order valence-corrected chi connectivity index (χ1v) is 11.2. The van der Waals surface area contributed by atoms with Crippen molar-refractivity contribution in [3.63, 3.8) is 0 Å². The van der Waals surface area contributed by atoms with Crippen LogP contribution in [0.15, 0.2) is 45.6 Å². The summed E-state index contributed by atoms with van der Waals surface area (Å²) in [5, 5.41) is 30.2. The first-order chi connectivity index (χ1) is 16.6. The van der Waals surface area contributed by atoms with E-state index in [0.717, 1.165) is 12.0 Å². The van der Waals surface area contributed by atoms with Crippen molar-refractivity contribution in [2.45, 2.75) is 52.4 Å². The van der Waals surface area contributed by atoms with E-state index in [1.807, 2.05) is 6.92 Å². The molecule has 0 aliphatic carbocycles. The molecule has 2 atom stereocenters. The Morgan fingerprint density at radius 3 is 2.51 bits per heavy atom. The molecule has 0 saturated carbocycles. The number of carboxylic acids is 1. The third-order valence-corrected chi connectivity index (χ3v) is 5.57. The molecule has 9 nitrogen and oxygen atoms in total. The molecule has 9 heteroatoms. The van der Waals surface area contributed by atoms with Crippen LogP contribution in [0.25, 0.3) is 11.0 Å². The quantitative estimate of drug-likeness (QED) is 0.212. The first kappa shape index (κ1) is 25.9. The number of hydrogen-bond donors (Lipinski definition) is 3. The van der Waals surface area contributed by atoms with Gasteiger partial charge in [-0.15, -0.1) is 0 Å². The third-order valence-electron chi connectivity index (χ3n) is 5.57. The van der Waals surface area contributed by atoms with Crippen molar-refractivity contribution in [3.8, 4) is 11.5 Å². The molecule has 2 unspecified atom stereocenters. The van der Waals surface area contributed by atoms with Gasteiger partial charge in [-0.05, 0) is 61.7 Å². The molecular weight excluding hydrogens is 456 g/mol. The van der Waals surface area contributed by atoms with Crippen molar-refractivity contribution in [1.82, 2.24) is 0 Å². The molecule has 0 aliphatic rings. The summed E-state index contributed by atoms with van der Waals surface area (Å²) in [5.41, 5.74) is 1.33. The molecule has 0 amide bonds. The topological polar surface area (TPSA) is 144 Å². The summed E-state index contributed by atoms with van der Waals surface area (Å²) in [7, 11) is 0. The maximum Gasteiger partial charge on any atom is 0.340 e. The average Bonchev–Trinajstić information content (AvgIpc) is 2.80. The zero-order chi connectivity index (χ0) is 25.7. The molecule has 0 spiro atoms. The Kier molecular flexibility index (Phi) is 8.26. The Bertz CT molecular complexity index is 1290. The van der Waals surface area contributed by atoms with Crippen LogP contribution < -0.4 is 15.1 Å². The third kappa shape index (κ3) is 6.26. The number of aliphatic hydroxyl groups is 2. The number of aliphatic hydroxyl groups excluding tert-OH is 2. The van der Waals surface area contributed by atoms with Crippen molar-refractivity contribution in [2.75, 3.05) is 6.61 Å². The average molecular weight is 485 g/mol. The van der Waals surface area contributed by atoms with E-state index in [1.54, 1.807) is 37.3 Å². The number of carbonyl (C=O) groups excluding carboxylic acids is 1. The molecule has 35 heavy (non-hydrogen) atoms. The maximum atomic E-state index is 12.2. The maximum absolute atomic E-state index is 12.2. The van der Waals surface area contributed by atoms with Crippen LogP contribution in [0.1, 0.15) is 47.3 Å². The zero-order valence-electron chi connectivity index (χ0n) is 19.7. The highest BCUT2D eigenvalue weighted by Crippen LogP contribution is 2.26. The van der Waals surface area contributed by atoms with E-state index >= 15 is 0 Å². The lowest BCUT2D eigenvalue weighted by atomic mass is 10.0. The highest BCUT2D eigenvalue weighted by molar-refractivity contribution is 5.94. The molecule has 3 aromatic rings. The summed E-state index contributed by atoms with van der Waals surface area (Å²) in [6.07, 6.45) is -2.00. The summed E-state index contributed by atoms with van der Waals surface area (Å²) in [6.45, 7) is 4.77. The van der Waals surface area contributed by atoms with Crippen LogP contribution in [0.5, 0.6) is 11.5 Å². The predicted octanol–water partition coefficient (Wildman–Crippen LogP) is 3.02. The largest absolute Gasteiger partial charge is 0.490 e. The second-order valence-corrected chi connectivity index (χ2v) is 8.24. The number of fused-ring (bicyclic) bond motifs is 1. The number of ketones is 1. The minimum atomic E-state index is -1.59. The number of aliphatic carboxylic acids is 1. The second-order valence-electron chi connectivity index (χ2n) is 8.24. The number of aryl methyl sites for hydroxylation is 2. The van der Waals surface area contributed by atoms with Gasteiger partial charge in [-0.2, -0.15) is 0 Å². The van der Waals surface area contributed by atoms with Gasteiger partial charge < -0.3 is 29.2 Å². The number of carboxylic acid groups (broad SMARTS) is 1. The van der Waals surface area contributed by atoms with Gasteiger partial charge in [-0.3, -0.25) is 9.59 Å². The molecule has 2 aromatic carbocycles. The zero-order valence-corrected chi connectivity index (χ0v) is 19.7. The van der Waals surface area contributed by atoms with Crippen molar-refractivity contribution in [2.24, 2.45) is 0 Å². The Hall–Kier alpha value is -3.69. The van der Waals surface area contributed by atoms with E-state index in [2.05, 4.69) is 0 Å². The predicted molar refractivity (Wildman–Crippen MR) is 127 cm³/mol. The van der Waals surface area contributed by atoms with Gasteiger partial charge in [0.2, 0.25) is 6.29 Å². The van der Waals surface area contributed by atoms with Crippen LogP contribution in [0.4, 0.5) is 0 Å². The van der Waals surface area contributed by atoms with Gasteiger partial charge in [0.25, 0.3) is 0 Å². The fraction of sp³-hybridized carbons (Fsp3) is 0.346. The van der Waals surface area contributed by atoms with Crippen LogP contribution in [0.2, 0.25) is 0 Å². The summed E-state index contributed by atoms with van der Waals surface area (Å²) >= 11 is 0. The Morgan fingerprint density at radius 1 is 1.11 bits per heavy atom. The molecule has 1 aromatic heterocycles. The van der Waals surface area contributed by atoms with Gasteiger partial charge in [-0.25, -0.2) is 4.79 Å². The highest BCUT2D eigenvalue weighted by atomic mass is 16.6. The molecule has 0 radical (unpaired) electrons. The normalized spacial score (nSPS) is 12.8. The number of ether oxygens (including phenoxy) is 2. The van der Waals surface area contributed by atoms with E-state index in [4.69, 9.17) is 19.0 Å². The van der Waals surface area contributed by atoms with Gasteiger partial charge in [0.05, 0.1) is 12.0 Å². The number of rotatable bonds is 11. The lowest BCUT2D eigenvalue weighted by Crippen LogP contribution is -2.36. The summed E-state index contributed by atoms with van der Waals surface area (Å²) in [6, 6.07) is 9.56. The van der Waals surface area contributed by atoms with E-state index in [0.29, 0.717) is 28.7 Å². The van der Waals surface area contributed by atoms with Crippen LogP contribution >= 0.6 is 0 Å². The number of carbonyl (C=O) groups is 2. The lowest BCUT2D eigenvalue weighted by molar-refractivity contribution is -0.136. The number of hydrogen-bond acceptors (Lipinski definition) is 8. The minimum Gasteiger partial charge on any atom is -0.490 e. The number of benzene rings is 2. The number of Topliss-reactive ketones (excluding diaryl/α,β-unsaturated/α-hetero) is 1. The molecule has 0 bridgehead atoms. The molecule has 0 fully saturated rings. The SMILES string of the molecule is CCCc1cc(C(C)=O)ccc1OC(O)C(O)COc1ccc2c(C)c(CC(=O)O)c(=O)oc2c1. The van der Waals surface area contributed by atoms with Gasteiger partial charge in [0.1, 0.15) is 29.8 Å². The van der Waals surface area contributed by atoms with Crippen molar-refractivity contribution >= 4 is 22.7 Å². The molecule has 3 rings (SSSR count). The minimum absolute atomic E-state index is 0.0770. The van der Waals surface area contributed by atoms with Gasteiger partial charge in [-0.1, -0.05) is 13.3 Å². The molecule has 1 heterocycles. The fourth-order valence-corrected chi connectivity index (χ4v) is 3.67. The van der Waals surface area contributed by atoms with E-state index in [1.165, 1.54) is 13.0 Å². The van der Waals surface area contributed by atoms with Gasteiger partial charge in [0.15, 0.2) is 5.78 Å².